The maximum atomic E-state index is 13.0. The van der Waals surface area contributed by atoms with Crippen LogP contribution >= 0.6 is 11.3 Å². The van der Waals surface area contributed by atoms with E-state index in [0.29, 0.717) is 11.5 Å². The van der Waals surface area contributed by atoms with Gasteiger partial charge in [0.15, 0.2) is 9.92 Å². The number of thiophene rings is 1. The number of nitrogens with two attached hydrogens (primary N) is 1. The van der Waals surface area contributed by atoms with Crippen molar-refractivity contribution in [2.45, 2.75) is 75.0 Å². The number of nitrogens with zero attached hydrogens (tertiary/aromatic N) is 2. The lowest BCUT2D eigenvalue weighted by Gasteiger charge is -2.17. The van der Waals surface area contributed by atoms with E-state index in [2.05, 4.69) is 16.6 Å². The van der Waals surface area contributed by atoms with E-state index in [1.807, 2.05) is 0 Å². The van der Waals surface area contributed by atoms with Gasteiger partial charge >= 0.3 is 6.03 Å². The fourth-order valence-corrected chi connectivity index (χ4v) is 6.22. The highest BCUT2D eigenvalue weighted by molar-refractivity contribution is 7.93. The van der Waals surface area contributed by atoms with E-state index in [-0.39, 0.29) is 4.21 Å². The molecule has 2 amide bonds. The summed E-state index contributed by atoms with van der Waals surface area (Å²) in [6, 6.07) is 0.841. The minimum Gasteiger partial charge on any atom is -0.386 e. The summed E-state index contributed by atoms with van der Waals surface area (Å²) in [7, 11) is -3.41. The van der Waals surface area contributed by atoms with Gasteiger partial charge in [0.1, 0.15) is 4.21 Å². The van der Waals surface area contributed by atoms with Crippen LogP contribution in [0.5, 0.6) is 0 Å². The number of nitrogens with one attached hydrogen (secondary N) is 1. The monoisotopic (exact) mass is 448 g/mol. The number of hydrogen-bond donors (Lipinski definition) is 3. The highest BCUT2D eigenvalue weighted by Gasteiger charge is 2.32. The Morgan fingerprint density at radius 2 is 2.17 bits per heavy atom. The SMILES string of the molecule is CCc1c(C2CC2)nc2c(c1NC(=O)N=[S@@](N)(=O)c1cc(C(C)(C)O)cs1)CCC2. The van der Waals surface area contributed by atoms with Crippen molar-refractivity contribution in [2.75, 3.05) is 5.32 Å². The van der Waals surface area contributed by atoms with Crippen LogP contribution in [0.1, 0.15) is 74.0 Å². The van der Waals surface area contributed by atoms with Crippen molar-refractivity contribution < 1.29 is 14.1 Å². The first-order valence-electron chi connectivity index (χ1n) is 10.3. The molecular weight excluding hydrogens is 420 g/mol. The third-order valence-electron chi connectivity index (χ3n) is 5.70. The Morgan fingerprint density at radius 3 is 2.77 bits per heavy atom. The summed E-state index contributed by atoms with van der Waals surface area (Å²) < 4.78 is 17.1. The fraction of sp³-hybridized carbons (Fsp3) is 0.524. The summed E-state index contributed by atoms with van der Waals surface area (Å²) in [6.45, 7) is 5.33. The van der Waals surface area contributed by atoms with Crippen LogP contribution in [-0.2, 0) is 34.8 Å². The molecule has 0 aliphatic heterocycles. The van der Waals surface area contributed by atoms with Gasteiger partial charge in [0.25, 0.3) is 0 Å². The van der Waals surface area contributed by atoms with Crippen molar-refractivity contribution in [3.8, 4) is 0 Å². The van der Waals surface area contributed by atoms with Gasteiger partial charge in [-0.15, -0.1) is 15.7 Å². The lowest BCUT2D eigenvalue weighted by molar-refractivity contribution is 0.0789. The summed E-state index contributed by atoms with van der Waals surface area (Å²) in [4.78, 5) is 17.7. The van der Waals surface area contributed by atoms with Crippen LogP contribution in [0.15, 0.2) is 20.0 Å². The molecule has 0 unspecified atom stereocenters. The predicted octanol–water partition coefficient (Wildman–Crippen LogP) is 4.23. The molecule has 1 saturated carbocycles. The van der Waals surface area contributed by atoms with Crippen molar-refractivity contribution in [2.24, 2.45) is 9.50 Å². The summed E-state index contributed by atoms with van der Waals surface area (Å²) in [5, 5.41) is 20.6. The van der Waals surface area contributed by atoms with E-state index in [0.717, 1.165) is 78.1 Å². The molecule has 7 nitrogen and oxygen atoms in total. The van der Waals surface area contributed by atoms with Crippen LogP contribution < -0.4 is 10.5 Å². The van der Waals surface area contributed by atoms with E-state index in [9.17, 15) is 14.1 Å². The number of pyridine rings is 1. The maximum absolute atomic E-state index is 13.0. The smallest absolute Gasteiger partial charge is 0.354 e. The molecule has 2 heterocycles. The van der Waals surface area contributed by atoms with Gasteiger partial charge in [-0.05, 0) is 80.5 Å². The molecule has 30 heavy (non-hydrogen) atoms. The molecule has 2 aromatic heterocycles. The topological polar surface area (TPSA) is 118 Å². The molecule has 0 spiro atoms. The summed E-state index contributed by atoms with van der Waals surface area (Å²) in [5.41, 5.74) is 4.58. The summed E-state index contributed by atoms with van der Waals surface area (Å²) in [5.74, 6) is 0.476. The molecule has 4 N–H and O–H groups in total. The third-order valence-corrected chi connectivity index (χ3v) is 8.55. The Hall–Kier alpha value is -1.81. The van der Waals surface area contributed by atoms with Crippen LogP contribution in [0.25, 0.3) is 0 Å². The highest BCUT2D eigenvalue weighted by Crippen LogP contribution is 2.45. The van der Waals surface area contributed by atoms with E-state index < -0.39 is 21.5 Å². The molecule has 1 fully saturated rings. The minimum absolute atomic E-state index is 0.268. The average molecular weight is 449 g/mol. The van der Waals surface area contributed by atoms with Gasteiger partial charge in [0.05, 0.1) is 11.3 Å². The number of anilines is 1. The molecule has 2 aliphatic rings. The van der Waals surface area contributed by atoms with Crippen molar-refractivity contribution >= 4 is 33.0 Å². The molecule has 2 aliphatic carbocycles. The Morgan fingerprint density at radius 1 is 1.43 bits per heavy atom. The van der Waals surface area contributed by atoms with E-state index in [1.54, 1.807) is 25.3 Å². The number of carbonyl (C=O) groups is 1. The number of rotatable bonds is 5. The van der Waals surface area contributed by atoms with Crippen molar-refractivity contribution in [1.29, 1.82) is 0 Å². The largest absolute Gasteiger partial charge is 0.386 e. The number of urea groups is 1. The first-order valence-corrected chi connectivity index (χ1v) is 12.8. The molecule has 1 atom stereocenters. The van der Waals surface area contributed by atoms with Gasteiger partial charge in [-0.1, -0.05) is 6.92 Å². The van der Waals surface area contributed by atoms with Crippen molar-refractivity contribution in [3.05, 3.63) is 39.5 Å². The molecule has 4 rings (SSSR count). The number of aromatic nitrogens is 1. The Kier molecular flexibility index (Phi) is 5.50. The second-order valence-electron chi connectivity index (χ2n) is 8.56. The Balaban J connectivity index is 1.67. The zero-order valence-corrected chi connectivity index (χ0v) is 19.2. The minimum atomic E-state index is -3.41. The molecule has 9 heteroatoms. The molecule has 0 bridgehead atoms. The van der Waals surface area contributed by atoms with Crippen LogP contribution in [-0.4, -0.2) is 20.3 Å². The zero-order valence-electron chi connectivity index (χ0n) is 17.5. The fourth-order valence-electron chi connectivity index (χ4n) is 3.94. The van der Waals surface area contributed by atoms with Crippen LogP contribution in [0.3, 0.4) is 0 Å². The molecule has 0 saturated heterocycles. The highest BCUT2D eigenvalue weighted by atomic mass is 32.2. The van der Waals surface area contributed by atoms with Gasteiger partial charge in [-0.2, -0.15) is 0 Å². The Bertz CT molecular complexity index is 1120. The lowest BCUT2D eigenvalue weighted by Crippen LogP contribution is -2.19. The first kappa shape index (κ1) is 21.4. The normalized spacial score (nSPS) is 18.0. The second-order valence-corrected chi connectivity index (χ2v) is 11.5. The number of amides is 2. The lowest BCUT2D eigenvalue weighted by atomic mass is 10.00. The van der Waals surface area contributed by atoms with E-state index in [4.69, 9.17) is 10.1 Å². The standard InChI is InChI=1S/C21H28N4O3S2/c1-4-14-18(12-8-9-12)23-16-7-5-6-15(16)19(14)24-20(26)25-30(22,28)17-10-13(11-29-17)21(2,3)27/h10-12,27H,4-9H2,1-3H3,(H3,22,23,24,25,26,28)/t30-/m1/s1. The summed E-state index contributed by atoms with van der Waals surface area (Å²) in [6.07, 6.45) is 5.83. The molecule has 0 radical (unpaired) electrons. The Labute approximate surface area is 181 Å². The molecule has 2 aromatic rings. The molecular formula is C21H28N4O3S2. The quantitative estimate of drug-likeness (QED) is 0.634. The van der Waals surface area contributed by atoms with Crippen LogP contribution in [0, 0.1) is 0 Å². The number of aliphatic hydroxyl groups is 1. The molecule has 162 valence electrons. The molecule has 0 aromatic carbocycles. The van der Waals surface area contributed by atoms with Gasteiger partial charge < -0.3 is 10.4 Å². The zero-order chi connectivity index (χ0) is 21.7. The number of carbonyl (C=O) groups excluding carboxylic acids is 1. The van der Waals surface area contributed by atoms with Crippen LogP contribution in [0.2, 0.25) is 0 Å². The second kappa shape index (κ2) is 7.71. The average Bonchev–Trinajstić information content (AvgIpc) is 3.16. The third kappa shape index (κ3) is 4.16. The van der Waals surface area contributed by atoms with Crippen molar-refractivity contribution in [3.63, 3.8) is 0 Å². The van der Waals surface area contributed by atoms with E-state index in [1.165, 1.54) is 0 Å². The van der Waals surface area contributed by atoms with Gasteiger partial charge in [-0.3, -0.25) is 4.98 Å². The number of hydrogen-bond acceptors (Lipinski definition) is 5. The first-order chi connectivity index (χ1) is 14.1. The number of aryl methyl sites for hydroxylation is 1. The van der Waals surface area contributed by atoms with Crippen molar-refractivity contribution in [1.82, 2.24) is 4.98 Å². The summed E-state index contributed by atoms with van der Waals surface area (Å²) >= 11 is 1.13. The maximum Gasteiger partial charge on any atom is 0.354 e. The van der Waals surface area contributed by atoms with Gasteiger partial charge in [-0.25, -0.2) is 14.1 Å². The van der Waals surface area contributed by atoms with Crippen LogP contribution in [0.4, 0.5) is 10.5 Å². The number of fused-ring (bicyclic) bond motifs is 1. The van der Waals surface area contributed by atoms with Gasteiger partial charge in [0, 0.05) is 17.3 Å². The van der Waals surface area contributed by atoms with Gasteiger partial charge in [0.2, 0.25) is 0 Å². The van der Waals surface area contributed by atoms with E-state index >= 15 is 0 Å². The predicted molar refractivity (Wildman–Crippen MR) is 119 cm³/mol.